The summed E-state index contributed by atoms with van der Waals surface area (Å²) in [7, 11) is 0. The van der Waals surface area contributed by atoms with E-state index in [9.17, 15) is 19.5 Å². The number of carbonyl (C=O) groups excluding carboxylic acids is 5. The number of allylic oxidation sites excluding steroid dienone is 4. The highest BCUT2D eigenvalue weighted by atomic mass is 16.5. The van der Waals surface area contributed by atoms with Crippen LogP contribution in [-0.2, 0) is 24.6 Å². The van der Waals surface area contributed by atoms with Crippen molar-refractivity contribution in [2.24, 2.45) is 23.7 Å². The molecule has 0 radical (unpaired) electrons. The first-order valence-electron chi connectivity index (χ1n) is 19.4. The molecule has 9 rings (SSSR count). The van der Waals surface area contributed by atoms with Gasteiger partial charge in [0.1, 0.15) is 0 Å². The Hall–Kier alpha value is -6.67. The first kappa shape index (κ1) is 36.0. The maximum atomic E-state index is 15.3. The van der Waals surface area contributed by atoms with E-state index in [0.29, 0.717) is 39.1 Å². The minimum Gasteiger partial charge on any atom is -0.504 e. The number of phenols is 1. The number of fused-ring (bicyclic) bond motifs is 4. The summed E-state index contributed by atoms with van der Waals surface area (Å²) < 4.78 is 5.85. The second-order valence-electron chi connectivity index (χ2n) is 15.2. The van der Waals surface area contributed by atoms with Crippen LogP contribution >= 0.6 is 0 Å². The number of ketones is 3. The summed E-state index contributed by atoms with van der Waals surface area (Å²) >= 11 is 0. The Morgan fingerprint density at radius 1 is 0.772 bits per heavy atom. The van der Waals surface area contributed by atoms with E-state index in [4.69, 9.17) is 4.74 Å². The molecule has 4 aliphatic rings. The summed E-state index contributed by atoms with van der Waals surface area (Å²) in [5.74, 6) is -4.80. The van der Waals surface area contributed by atoms with Crippen LogP contribution in [0.4, 0.5) is 5.69 Å². The van der Waals surface area contributed by atoms with Gasteiger partial charge in [-0.1, -0.05) is 109 Å². The smallest absolute Gasteiger partial charge is 0.238 e. The lowest BCUT2D eigenvalue weighted by Crippen LogP contribution is -2.58. The van der Waals surface area contributed by atoms with Gasteiger partial charge in [0.2, 0.25) is 11.8 Å². The van der Waals surface area contributed by atoms with Crippen molar-refractivity contribution < 1.29 is 33.8 Å². The van der Waals surface area contributed by atoms with Crippen LogP contribution in [0.1, 0.15) is 58.3 Å². The lowest BCUT2D eigenvalue weighted by atomic mass is 9.44. The highest BCUT2D eigenvalue weighted by Gasteiger charge is 2.66. The molecule has 5 aromatic carbocycles. The van der Waals surface area contributed by atoms with Gasteiger partial charge in [-0.15, -0.1) is 0 Å². The number of carbonyl (C=O) groups is 5. The first-order valence-corrected chi connectivity index (χ1v) is 19.4. The topological polar surface area (TPSA) is 118 Å². The van der Waals surface area contributed by atoms with Crippen molar-refractivity contribution in [1.82, 2.24) is 0 Å². The van der Waals surface area contributed by atoms with Crippen LogP contribution in [0.15, 0.2) is 151 Å². The zero-order chi connectivity index (χ0) is 39.4. The zero-order valence-corrected chi connectivity index (χ0v) is 31.2. The van der Waals surface area contributed by atoms with Crippen molar-refractivity contribution in [2.75, 3.05) is 11.5 Å². The second kappa shape index (κ2) is 14.1. The molecule has 8 heteroatoms. The molecule has 2 fully saturated rings. The Bertz CT molecular complexity index is 2510. The number of imide groups is 1. The number of nitrogens with zero attached hydrogens (tertiary/aromatic N) is 1. The van der Waals surface area contributed by atoms with E-state index in [-0.39, 0.29) is 60.1 Å². The van der Waals surface area contributed by atoms with Crippen LogP contribution in [0.5, 0.6) is 11.5 Å². The number of phenolic OH excluding ortho intramolecular Hbond substituents is 1. The number of hydrogen-bond acceptors (Lipinski definition) is 7. The molecule has 6 atom stereocenters. The third-order valence-electron chi connectivity index (χ3n) is 12.4. The molecule has 1 saturated carbocycles. The molecule has 2 amide bonds. The van der Waals surface area contributed by atoms with Gasteiger partial charge in [0, 0.05) is 28.5 Å². The molecule has 5 aromatic rings. The Morgan fingerprint density at radius 3 is 2.11 bits per heavy atom. The van der Waals surface area contributed by atoms with Gasteiger partial charge in [-0.25, -0.2) is 0 Å². The number of benzene rings is 5. The average molecular weight is 754 g/mol. The van der Waals surface area contributed by atoms with E-state index < -0.39 is 35.0 Å². The fraction of sp³-hybridized carbons (Fsp3) is 0.204. The largest absolute Gasteiger partial charge is 0.504 e. The Morgan fingerprint density at radius 2 is 1.42 bits per heavy atom. The van der Waals surface area contributed by atoms with E-state index in [1.165, 1.54) is 11.0 Å². The first-order chi connectivity index (χ1) is 27.7. The summed E-state index contributed by atoms with van der Waals surface area (Å²) in [6, 6.07) is 39.0. The molecule has 0 aromatic heterocycles. The number of anilines is 1. The van der Waals surface area contributed by atoms with Gasteiger partial charge < -0.3 is 9.84 Å². The van der Waals surface area contributed by atoms with E-state index >= 15 is 9.59 Å². The molecule has 57 heavy (non-hydrogen) atoms. The molecule has 1 saturated heterocycles. The number of ether oxygens (including phenoxy) is 1. The van der Waals surface area contributed by atoms with E-state index in [0.717, 1.165) is 5.57 Å². The number of amides is 2. The Kier molecular flexibility index (Phi) is 8.92. The van der Waals surface area contributed by atoms with Crippen molar-refractivity contribution >= 4 is 40.4 Å². The van der Waals surface area contributed by atoms with Gasteiger partial charge in [0.05, 0.1) is 29.5 Å². The third-order valence-corrected chi connectivity index (χ3v) is 12.4. The summed E-state index contributed by atoms with van der Waals surface area (Å²) in [5.41, 5.74) is 3.02. The maximum Gasteiger partial charge on any atom is 0.238 e. The molecule has 1 N–H and O–H groups in total. The lowest BCUT2D eigenvalue weighted by molar-refractivity contribution is -0.135. The minimum absolute atomic E-state index is 0.0584. The summed E-state index contributed by atoms with van der Waals surface area (Å²) in [4.78, 5) is 74.0. The summed E-state index contributed by atoms with van der Waals surface area (Å²) in [5, 5.41) is 10.8. The SMILES string of the molecule is CCOc1cc(C2C3=CCC4C(=O)N(c5ccc(C(=O)c6ccccc6)cc5)C(=O)C4C3CC3C(=O)C(c4ccccc4)=CC(=O)C32c2ccccc2)ccc1O. The van der Waals surface area contributed by atoms with Crippen LogP contribution in [-0.4, -0.2) is 40.9 Å². The molecular weight excluding hydrogens is 715 g/mol. The average Bonchev–Trinajstić information content (AvgIpc) is 3.51. The van der Waals surface area contributed by atoms with E-state index in [2.05, 4.69) is 0 Å². The summed E-state index contributed by atoms with van der Waals surface area (Å²) in [6.07, 6.45) is 3.93. The predicted molar refractivity (Wildman–Crippen MR) is 215 cm³/mol. The molecule has 3 aliphatic carbocycles. The molecule has 0 bridgehead atoms. The fourth-order valence-corrected chi connectivity index (χ4v) is 10.0. The van der Waals surface area contributed by atoms with Crippen LogP contribution in [0.25, 0.3) is 5.57 Å². The molecule has 1 heterocycles. The summed E-state index contributed by atoms with van der Waals surface area (Å²) in [6.45, 7) is 2.11. The highest BCUT2D eigenvalue weighted by Crippen LogP contribution is 2.64. The standard InChI is InChI=1S/C49H39NO7/c1-2-57-41-26-32(20-25-40(41)51)44-35-23-24-36-43(48(56)50(47(36)55)34-21-18-31(19-22-34)45(53)30-14-8-4-9-15-30)38(35)27-39-46(54)37(29-12-6-3-7-13-29)28-42(52)49(39,44)33-16-10-5-11-17-33/h3-23,25-26,28,36,38-39,43-44,51H,2,24,27H2,1H3. The molecule has 282 valence electrons. The van der Waals surface area contributed by atoms with Crippen molar-refractivity contribution in [2.45, 2.75) is 31.1 Å². The number of Topliss-reactive ketones (excluding diaryl/α,β-unsaturated/α-hetero) is 1. The maximum absolute atomic E-state index is 15.3. The molecular formula is C49H39NO7. The van der Waals surface area contributed by atoms with Gasteiger partial charge in [0.15, 0.2) is 28.8 Å². The predicted octanol–water partition coefficient (Wildman–Crippen LogP) is 8.05. The number of rotatable bonds is 8. The quantitative estimate of drug-likeness (QED) is 0.0968. The van der Waals surface area contributed by atoms with Gasteiger partial charge in [-0.3, -0.25) is 28.9 Å². The van der Waals surface area contributed by atoms with Gasteiger partial charge in [-0.2, -0.15) is 0 Å². The van der Waals surface area contributed by atoms with Crippen LogP contribution in [0.3, 0.4) is 0 Å². The second-order valence-corrected chi connectivity index (χ2v) is 15.2. The monoisotopic (exact) mass is 753 g/mol. The van der Waals surface area contributed by atoms with E-state index in [1.54, 1.807) is 66.7 Å². The number of hydrogen-bond donors (Lipinski definition) is 1. The van der Waals surface area contributed by atoms with Crippen molar-refractivity contribution in [3.8, 4) is 11.5 Å². The van der Waals surface area contributed by atoms with Gasteiger partial charge in [0.25, 0.3) is 0 Å². The normalized spacial score (nSPS) is 25.2. The van der Waals surface area contributed by atoms with Crippen LogP contribution in [0, 0.1) is 23.7 Å². The number of aromatic hydroxyl groups is 1. The van der Waals surface area contributed by atoms with Crippen LogP contribution < -0.4 is 9.64 Å². The minimum atomic E-state index is -1.40. The van der Waals surface area contributed by atoms with E-state index in [1.807, 2.05) is 79.7 Å². The van der Waals surface area contributed by atoms with Gasteiger partial charge in [-0.05, 0) is 84.8 Å². The van der Waals surface area contributed by atoms with Gasteiger partial charge >= 0.3 is 0 Å². The van der Waals surface area contributed by atoms with Crippen molar-refractivity contribution in [3.05, 3.63) is 179 Å². The highest BCUT2D eigenvalue weighted by molar-refractivity contribution is 6.32. The molecule has 0 spiro atoms. The zero-order valence-electron chi connectivity index (χ0n) is 31.2. The Balaban J connectivity index is 1.18. The van der Waals surface area contributed by atoms with Crippen molar-refractivity contribution in [3.63, 3.8) is 0 Å². The molecule has 1 aliphatic heterocycles. The molecule has 8 nitrogen and oxygen atoms in total. The fourth-order valence-electron chi connectivity index (χ4n) is 10.0. The van der Waals surface area contributed by atoms with Crippen molar-refractivity contribution in [1.29, 1.82) is 0 Å². The molecule has 6 unspecified atom stereocenters. The van der Waals surface area contributed by atoms with Crippen LogP contribution in [0.2, 0.25) is 0 Å². The third kappa shape index (κ3) is 5.61. The Labute approximate surface area is 330 Å². The lowest BCUT2D eigenvalue weighted by Gasteiger charge is -2.55.